The Labute approximate surface area is 106 Å². The first-order chi connectivity index (χ1) is 8.34. The smallest absolute Gasteiger partial charge is 0.114 e. The fourth-order valence-electron chi connectivity index (χ4n) is 2.49. The van der Waals surface area contributed by atoms with Gasteiger partial charge in [-0.1, -0.05) is 11.6 Å². The predicted molar refractivity (Wildman–Crippen MR) is 69.6 cm³/mol. The van der Waals surface area contributed by atoms with E-state index in [9.17, 15) is 0 Å². The summed E-state index contributed by atoms with van der Waals surface area (Å²) < 4.78 is 2.10. The molecule has 0 bridgehead atoms. The highest BCUT2D eigenvalue weighted by Crippen LogP contribution is 2.18. The van der Waals surface area contributed by atoms with Crippen LogP contribution in [0.25, 0.3) is 5.52 Å². The molecular formula is C13H16ClN3. The zero-order chi connectivity index (χ0) is 11.7. The number of halogens is 1. The van der Waals surface area contributed by atoms with Crippen molar-refractivity contribution in [3.05, 3.63) is 35.4 Å². The van der Waals surface area contributed by atoms with E-state index in [0.717, 1.165) is 29.3 Å². The first kappa shape index (κ1) is 11.1. The Morgan fingerprint density at radius 3 is 2.94 bits per heavy atom. The van der Waals surface area contributed by atoms with Crippen LogP contribution in [0.5, 0.6) is 0 Å². The van der Waals surface area contributed by atoms with Gasteiger partial charge in [0.2, 0.25) is 0 Å². The van der Waals surface area contributed by atoms with Gasteiger partial charge in [-0.05, 0) is 38.1 Å². The van der Waals surface area contributed by atoms with Crippen LogP contribution in [0.1, 0.15) is 18.7 Å². The maximum Gasteiger partial charge on any atom is 0.114 e. The average Bonchev–Trinajstić information content (AvgIpc) is 2.95. The molecule has 0 amide bonds. The topological polar surface area (TPSA) is 20.5 Å². The van der Waals surface area contributed by atoms with Gasteiger partial charge in [0.1, 0.15) is 5.82 Å². The highest BCUT2D eigenvalue weighted by atomic mass is 35.5. The molecule has 3 rings (SSSR count). The Hall–Kier alpha value is -1.06. The van der Waals surface area contributed by atoms with Crippen LogP contribution in [0.3, 0.4) is 0 Å². The van der Waals surface area contributed by atoms with E-state index in [4.69, 9.17) is 11.6 Å². The third-order valence-electron chi connectivity index (χ3n) is 3.45. The Kier molecular flexibility index (Phi) is 3.04. The Bertz CT molecular complexity index is 514. The maximum atomic E-state index is 6.13. The number of pyridine rings is 1. The summed E-state index contributed by atoms with van der Waals surface area (Å²) in [5, 5.41) is 0.771. The van der Waals surface area contributed by atoms with Crippen molar-refractivity contribution in [1.82, 2.24) is 14.3 Å². The minimum atomic E-state index is 0.771. The third-order valence-corrected chi connectivity index (χ3v) is 3.77. The molecule has 0 spiro atoms. The van der Waals surface area contributed by atoms with E-state index in [0.29, 0.717) is 0 Å². The van der Waals surface area contributed by atoms with E-state index < -0.39 is 0 Å². The van der Waals surface area contributed by atoms with Crippen molar-refractivity contribution >= 4 is 17.1 Å². The first-order valence-corrected chi connectivity index (χ1v) is 6.55. The van der Waals surface area contributed by atoms with E-state index in [1.54, 1.807) is 0 Å². The van der Waals surface area contributed by atoms with Gasteiger partial charge in [0, 0.05) is 19.2 Å². The Balaban J connectivity index is 1.78. The van der Waals surface area contributed by atoms with E-state index in [2.05, 4.69) is 14.3 Å². The van der Waals surface area contributed by atoms with Crippen molar-refractivity contribution in [2.45, 2.75) is 19.3 Å². The molecule has 0 aliphatic carbocycles. The second kappa shape index (κ2) is 4.67. The molecule has 3 heterocycles. The molecule has 0 radical (unpaired) electrons. The van der Waals surface area contributed by atoms with Gasteiger partial charge < -0.3 is 9.30 Å². The maximum absolute atomic E-state index is 6.13. The summed E-state index contributed by atoms with van der Waals surface area (Å²) in [6.45, 7) is 3.58. The number of nitrogens with zero attached hydrogens (tertiary/aromatic N) is 3. The number of aromatic nitrogens is 2. The second-order valence-electron chi connectivity index (χ2n) is 4.58. The zero-order valence-electron chi connectivity index (χ0n) is 9.77. The van der Waals surface area contributed by atoms with Crippen molar-refractivity contribution < 1.29 is 0 Å². The summed E-state index contributed by atoms with van der Waals surface area (Å²) >= 11 is 6.13. The molecule has 1 aliphatic rings. The molecular weight excluding hydrogens is 234 g/mol. The Morgan fingerprint density at radius 1 is 1.29 bits per heavy atom. The van der Waals surface area contributed by atoms with Gasteiger partial charge in [0.05, 0.1) is 16.7 Å². The molecule has 1 saturated heterocycles. The number of hydrogen-bond donors (Lipinski definition) is 0. The van der Waals surface area contributed by atoms with Crippen LogP contribution < -0.4 is 0 Å². The molecule has 17 heavy (non-hydrogen) atoms. The normalized spacial score (nSPS) is 17.0. The SMILES string of the molecule is Clc1cccn2c(CCN3CCCC3)ncc12. The monoisotopic (exact) mass is 249 g/mol. The van der Waals surface area contributed by atoms with Gasteiger partial charge in [0.15, 0.2) is 0 Å². The molecule has 1 fully saturated rings. The van der Waals surface area contributed by atoms with Crippen molar-refractivity contribution in [1.29, 1.82) is 0 Å². The summed E-state index contributed by atoms with van der Waals surface area (Å²) in [5.41, 5.74) is 1.01. The van der Waals surface area contributed by atoms with Gasteiger partial charge in [-0.25, -0.2) is 4.98 Å². The van der Waals surface area contributed by atoms with Crippen LogP contribution in [0, 0.1) is 0 Å². The quantitative estimate of drug-likeness (QED) is 0.834. The fourth-order valence-corrected chi connectivity index (χ4v) is 2.70. The third kappa shape index (κ3) is 2.17. The molecule has 2 aromatic rings. The molecule has 0 unspecified atom stereocenters. The van der Waals surface area contributed by atoms with Crippen molar-refractivity contribution in [3.8, 4) is 0 Å². The van der Waals surface area contributed by atoms with Gasteiger partial charge in [-0.2, -0.15) is 0 Å². The van der Waals surface area contributed by atoms with Gasteiger partial charge >= 0.3 is 0 Å². The largest absolute Gasteiger partial charge is 0.303 e. The standard InChI is InChI=1S/C13H16ClN3/c14-11-4-3-8-17-12(11)10-15-13(17)5-9-16-6-1-2-7-16/h3-4,8,10H,1-2,5-7,9H2. The number of imidazole rings is 1. The second-order valence-corrected chi connectivity index (χ2v) is 4.99. The van der Waals surface area contributed by atoms with E-state index in [-0.39, 0.29) is 0 Å². The highest BCUT2D eigenvalue weighted by molar-refractivity contribution is 6.33. The van der Waals surface area contributed by atoms with E-state index in [1.165, 1.54) is 25.9 Å². The van der Waals surface area contributed by atoms with Gasteiger partial charge in [-0.15, -0.1) is 0 Å². The average molecular weight is 250 g/mol. The molecule has 0 saturated carbocycles. The summed E-state index contributed by atoms with van der Waals surface area (Å²) in [7, 11) is 0. The molecule has 90 valence electrons. The zero-order valence-corrected chi connectivity index (χ0v) is 10.5. The number of likely N-dealkylation sites (tertiary alicyclic amines) is 1. The number of fused-ring (bicyclic) bond motifs is 1. The van der Waals surface area contributed by atoms with Crippen LogP contribution >= 0.6 is 11.6 Å². The van der Waals surface area contributed by atoms with Crippen LogP contribution in [0.4, 0.5) is 0 Å². The fraction of sp³-hybridized carbons (Fsp3) is 0.462. The lowest BCUT2D eigenvalue weighted by Crippen LogP contribution is -2.22. The summed E-state index contributed by atoms with van der Waals surface area (Å²) in [4.78, 5) is 6.97. The molecule has 3 nitrogen and oxygen atoms in total. The summed E-state index contributed by atoms with van der Waals surface area (Å²) in [6.07, 6.45) is 7.58. The minimum Gasteiger partial charge on any atom is -0.303 e. The lowest BCUT2D eigenvalue weighted by Gasteiger charge is -2.13. The highest BCUT2D eigenvalue weighted by Gasteiger charge is 2.12. The van der Waals surface area contributed by atoms with Crippen LogP contribution in [0.2, 0.25) is 5.02 Å². The molecule has 0 aromatic carbocycles. The van der Waals surface area contributed by atoms with Crippen LogP contribution in [0.15, 0.2) is 24.5 Å². The van der Waals surface area contributed by atoms with Crippen LogP contribution in [-0.2, 0) is 6.42 Å². The minimum absolute atomic E-state index is 0.771. The molecule has 1 aliphatic heterocycles. The van der Waals surface area contributed by atoms with E-state index in [1.807, 2.05) is 24.5 Å². The molecule has 0 atom stereocenters. The van der Waals surface area contributed by atoms with Gasteiger partial charge in [-0.3, -0.25) is 0 Å². The van der Waals surface area contributed by atoms with Gasteiger partial charge in [0.25, 0.3) is 0 Å². The molecule has 0 N–H and O–H groups in total. The summed E-state index contributed by atoms with van der Waals surface area (Å²) in [6, 6.07) is 3.87. The predicted octanol–water partition coefficient (Wildman–Crippen LogP) is 2.63. The van der Waals surface area contributed by atoms with Crippen molar-refractivity contribution in [2.24, 2.45) is 0 Å². The molecule has 2 aromatic heterocycles. The lowest BCUT2D eigenvalue weighted by atomic mass is 10.3. The van der Waals surface area contributed by atoms with E-state index >= 15 is 0 Å². The number of rotatable bonds is 3. The first-order valence-electron chi connectivity index (χ1n) is 6.17. The van der Waals surface area contributed by atoms with Crippen molar-refractivity contribution in [2.75, 3.05) is 19.6 Å². The molecule has 4 heteroatoms. The van der Waals surface area contributed by atoms with Crippen LogP contribution in [-0.4, -0.2) is 33.9 Å². The Morgan fingerprint density at radius 2 is 2.12 bits per heavy atom. The summed E-state index contributed by atoms with van der Waals surface area (Å²) in [5.74, 6) is 1.11. The lowest BCUT2D eigenvalue weighted by molar-refractivity contribution is 0.340. The number of hydrogen-bond acceptors (Lipinski definition) is 2. The van der Waals surface area contributed by atoms with Crippen molar-refractivity contribution in [3.63, 3.8) is 0 Å².